The Morgan fingerprint density at radius 3 is 2.36 bits per heavy atom. The SMILES string of the molecule is Cc1nc2ccccc2c(-c2ccccc2)c1CC(=O)NC1CCN(C(=O)c2ccccc2F)CC1. The number of hydrogen-bond donors (Lipinski definition) is 1. The molecule has 36 heavy (non-hydrogen) atoms. The number of para-hydroxylation sites is 1. The van der Waals surface area contributed by atoms with Gasteiger partial charge < -0.3 is 10.2 Å². The van der Waals surface area contributed by atoms with Crippen molar-refractivity contribution >= 4 is 22.7 Å². The maximum absolute atomic E-state index is 14.0. The quantitative estimate of drug-likeness (QED) is 0.420. The highest BCUT2D eigenvalue weighted by atomic mass is 19.1. The van der Waals surface area contributed by atoms with Crippen LogP contribution in [-0.2, 0) is 11.2 Å². The number of nitrogens with one attached hydrogen (secondary N) is 1. The molecule has 182 valence electrons. The van der Waals surface area contributed by atoms with Gasteiger partial charge in [0.05, 0.1) is 17.5 Å². The Kier molecular flexibility index (Phi) is 6.76. The third kappa shape index (κ3) is 4.85. The lowest BCUT2D eigenvalue weighted by Gasteiger charge is -2.32. The van der Waals surface area contributed by atoms with Gasteiger partial charge in [-0.1, -0.05) is 60.7 Å². The normalized spacial score (nSPS) is 14.1. The molecule has 3 aromatic carbocycles. The molecule has 0 saturated carbocycles. The summed E-state index contributed by atoms with van der Waals surface area (Å²) in [6.45, 7) is 2.90. The van der Waals surface area contributed by atoms with Crippen LogP contribution in [0.2, 0.25) is 0 Å². The van der Waals surface area contributed by atoms with Crippen LogP contribution in [0.1, 0.15) is 34.5 Å². The minimum absolute atomic E-state index is 0.0314. The van der Waals surface area contributed by atoms with Gasteiger partial charge in [-0.25, -0.2) is 4.39 Å². The van der Waals surface area contributed by atoms with Gasteiger partial charge in [0.25, 0.3) is 5.91 Å². The molecule has 4 aromatic rings. The molecule has 1 aliphatic rings. The number of hydrogen-bond acceptors (Lipinski definition) is 3. The Labute approximate surface area is 210 Å². The summed E-state index contributed by atoms with van der Waals surface area (Å²) < 4.78 is 14.0. The number of likely N-dealkylation sites (tertiary alicyclic amines) is 1. The standard InChI is InChI=1S/C30H28FN3O2/c1-20-25(29(21-9-3-2-4-10-21)24-12-6-8-14-27(24)32-20)19-28(35)33-22-15-17-34(18-16-22)30(36)23-11-5-7-13-26(23)31/h2-14,22H,15-19H2,1H3,(H,33,35). The third-order valence-electron chi connectivity index (χ3n) is 6.85. The molecule has 0 bridgehead atoms. The molecule has 5 rings (SSSR count). The van der Waals surface area contributed by atoms with E-state index < -0.39 is 5.82 Å². The third-order valence-corrected chi connectivity index (χ3v) is 6.85. The highest BCUT2D eigenvalue weighted by Crippen LogP contribution is 2.33. The van der Waals surface area contributed by atoms with E-state index in [1.54, 1.807) is 17.0 Å². The first kappa shape index (κ1) is 23.7. The predicted octanol–water partition coefficient (Wildman–Crippen LogP) is 5.31. The first-order valence-corrected chi connectivity index (χ1v) is 12.3. The lowest BCUT2D eigenvalue weighted by molar-refractivity contribution is -0.121. The molecule has 0 spiro atoms. The van der Waals surface area contributed by atoms with E-state index in [9.17, 15) is 14.0 Å². The van der Waals surface area contributed by atoms with Crippen molar-refractivity contribution in [3.05, 3.63) is 102 Å². The molecule has 2 heterocycles. The fourth-order valence-corrected chi connectivity index (χ4v) is 5.00. The second-order valence-corrected chi connectivity index (χ2v) is 9.22. The average molecular weight is 482 g/mol. The van der Waals surface area contributed by atoms with E-state index in [-0.39, 0.29) is 29.8 Å². The zero-order chi connectivity index (χ0) is 25.1. The number of benzene rings is 3. The Morgan fingerprint density at radius 1 is 0.944 bits per heavy atom. The number of rotatable bonds is 5. The second-order valence-electron chi connectivity index (χ2n) is 9.22. The number of pyridine rings is 1. The Morgan fingerprint density at radius 2 is 1.61 bits per heavy atom. The molecule has 5 nitrogen and oxygen atoms in total. The van der Waals surface area contributed by atoms with Gasteiger partial charge in [-0.3, -0.25) is 14.6 Å². The van der Waals surface area contributed by atoms with E-state index in [1.165, 1.54) is 12.1 Å². The van der Waals surface area contributed by atoms with Crippen LogP contribution in [0.4, 0.5) is 4.39 Å². The lowest BCUT2D eigenvalue weighted by Crippen LogP contribution is -2.47. The lowest BCUT2D eigenvalue weighted by atomic mass is 9.92. The molecule has 1 fully saturated rings. The first-order chi connectivity index (χ1) is 17.5. The summed E-state index contributed by atoms with van der Waals surface area (Å²) in [6.07, 6.45) is 1.49. The fraction of sp³-hybridized carbons (Fsp3) is 0.233. The summed E-state index contributed by atoms with van der Waals surface area (Å²) in [4.78, 5) is 32.3. The Hall–Kier alpha value is -4.06. The molecule has 6 heteroatoms. The van der Waals surface area contributed by atoms with Crippen LogP contribution in [0.15, 0.2) is 78.9 Å². The van der Waals surface area contributed by atoms with Crippen LogP contribution in [0.25, 0.3) is 22.0 Å². The molecule has 0 radical (unpaired) electrons. The Bertz CT molecular complexity index is 1410. The van der Waals surface area contributed by atoms with Gasteiger partial charge in [-0.2, -0.15) is 0 Å². The summed E-state index contributed by atoms with van der Waals surface area (Å²) in [5, 5.41) is 4.18. The van der Waals surface area contributed by atoms with E-state index >= 15 is 0 Å². The number of fused-ring (bicyclic) bond motifs is 1. The van der Waals surface area contributed by atoms with Crippen molar-refractivity contribution in [3.8, 4) is 11.1 Å². The van der Waals surface area contributed by atoms with E-state index in [0.29, 0.717) is 25.9 Å². The number of halogens is 1. The van der Waals surface area contributed by atoms with Gasteiger partial charge in [0.1, 0.15) is 5.82 Å². The van der Waals surface area contributed by atoms with Crippen molar-refractivity contribution < 1.29 is 14.0 Å². The van der Waals surface area contributed by atoms with Gasteiger partial charge in [0.15, 0.2) is 0 Å². The van der Waals surface area contributed by atoms with Crippen LogP contribution >= 0.6 is 0 Å². The van der Waals surface area contributed by atoms with E-state index in [2.05, 4.69) is 17.4 Å². The van der Waals surface area contributed by atoms with E-state index in [0.717, 1.165) is 33.3 Å². The van der Waals surface area contributed by atoms with Crippen molar-refractivity contribution in [1.29, 1.82) is 0 Å². The van der Waals surface area contributed by atoms with Crippen molar-refractivity contribution in [2.45, 2.75) is 32.2 Å². The van der Waals surface area contributed by atoms with Crippen LogP contribution in [0, 0.1) is 12.7 Å². The summed E-state index contributed by atoms with van der Waals surface area (Å²) in [5.74, 6) is -0.874. The van der Waals surface area contributed by atoms with Crippen molar-refractivity contribution in [1.82, 2.24) is 15.2 Å². The van der Waals surface area contributed by atoms with Crippen LogP contribution < -0.4 is 5.32 Å². The van der Waals surface area contributed by atoms with Gasteiger partial charge >= 0.3 is 0 Å². The van der Waals surface area contributed by atoms with Crippen molar-refractivity contribution in [2.75, 3.05) is 13.1 Å². The maximum Gasteiger partial charge on any atom is 0.256 e. The number of amides is 2. The summed E-state index contributed by atoms with van der Waals surface area (Å²) in [7, 11) is 0. The van der Waals surface area contributed by atoms with E-state index in [1.807, 2.05) is 49.4 Å². The van der Waals surface area contributed by atoms with Gasteiger partial charge in [-0.05, 0) is 54.7 Å². The largest absolute Gasteiger partial charge is 0.353 e. The molecule has 1 aliphatic heterocycles. The second kappa shape index (κ2) is 10.3. The average Bonchev–Trinajstić information content (AvgIpc) is 2.90. The molecule has 2 amide bonds. The number of carbonyl (C=O) groups is 2. The monoisotopic (exact) mass is 481 g/mol. The topological polar surface area (TPSA) is 62.3 Å². The number of aryl methyl sites for hydroxylation is 1. The van der Waals surface area contributed by atoms with E-state index in [4.69, 9.17) is 4.98 Å². The number of aromatic nitrogens is 1. The summed E-state index contributed by atoms with van der Waals surface area (Å²) in [6, 6.07) is 24.1. The van der Waals surface area contributed by atoms with Crippen LogP contribution in [0.3, 0.4) is 0 Å². The molecule has 1 saturated heterocycles. The zero-order valence-corrected chi connectivity index (χ0v) is 20.2. The zero-order valence-electron chi connectivity index (χ0n) is 20.2. The number of carbonyl (C=O) groups excluding carboxylic acids is 2. The molecular formula is C30H28FN3O2. The molecule has 1 aromatic heterocycles. The van der Waals surface area contributed by atoms with Gasteiger partial charge in [0, 0.05) is 30.2 Å². The maximum atomic E-state index is 14.0. The molecule has 1 N–H and O–H groups in total. The van der Waals surface area contributed by atoms with Crippen molar-refractivity contribution in [3.63, 3.8) is 0 Å². The number of piperidine rings is 1. The molecule has 0 aliphatic carbocycles. The van der Waals surface area contributed by atoms with Crippen LogP contribution in [0.5, 0.6) is 0 Å². The highest BCUT2D eigenvalue weighted by Gasteiger charge is 2.26. The minimum Gasteiger partial charge on any atom is -0.353 e. The van der Waals surface area contributed by atoms with Gasteiger partial charge in [-0.15, -0.1) is 0 Å². The minimum atomic E-state index is -0.508. The summed E-state index contributed by atoms with van der Waals surface area (Å²) >= 11 is 0. The first-order valence-electron chi connectivity index (χ1n) is 12.3. The fourth-order valence-electron chi connectivity index (χ4n) is 5.00. The molecular weight excluding hydrogens is 453 g/mol. The van der Waals surface area contributed by atoms with Gasteiger partial charge in [0.2, 0.25) is 5.91 Å². The highest BCUT2D eigenvalue weighted by molar-refractivity contribution is 5.98. The predicted molar refractivity (Wildman–Crippen MR) is 139 cm³/mol. The number of nitrogens with zero attached hydrogens (tertiary/aromatic N) is 2. The van der Waals surface area contributed by atoms with Crippen molar-refractivity contribution in [2.24, 2.45) is 0 Å². The molecule has 0 unspecified atom stereocenters. The smallest absolute Gasteiger partial charge is 0.256 e. The van der Waals surface area contributed by atoms with Crippen LogP contribution in [-0.4, -0.2) is 40.8 Å². The molecule has 0 atom stereocenters. The summed E-state index contributed by atoms with van der Waals surface area (Å²) in [5.41, 5.74) is 4.86. The Balaban J connectivity index is 1.30.